The summed E-state index contributed by atoms with van der Waals surface area (Å²) in [5, 5.41) is 0. The normalized spacial score (nSPS) is 32.4. The first kappa shape index (κ1) is 20.4. The molecule has 2 saturated heterocycles. The molecule has 0 amide bonds. The van der Waals surface area contributed by atoms with Crippen LogP contribution in [0.25, 0.3) is 0 Å². The zero-order valence-electron chi connectivity index (χ0n) is 16.5. The molecule has 2 aliphatic rings. The van der Waals surface area contributed by atoms with E-state index in [-0.39, 0.29) is 12.1 Å². The lowest BCUT2D eigenvalue weighted by molar-refractivity contribution is -0.199. The summed E-state index contributed by atoms with van der Waals surface area (Å²) in [4.78, 5) is 12.5. The third-order valence-electron chi connectivity index (χ3n) is 4.20. The molecular weight excluding hydrogens is 324 g/mol. The molecule has 0 aromatic carbocycles. The molecule has 2 aliphatic heterocycles. The van der Waals surface area contributed by atoms with E-state index < -0.39 is 35.3 Å². The molecule has 0 bridgehead atoms. The number of hydrogen-bond acceptors (Lipinski definition) is 6. The van der Waals surface area contributed by atoms with Gasteiger partial charge in [0.15, 0.2) is 17.7 Å². The van der Waals surface area contributed by atoms with E-state index >= 15 is 0 Å². The highest BCUT2D eigenvalue weighted by atomic mass is 16.8. The summed E-state index contributed by atoms with van der Waals surface area (Å²) < 4.78 is 29.6. The molecule has 6 heteroatoms. The van der Waals surface area contributed by atoms with E-state index in [9.17, 15) is 4.79 Å². The minimum absolute atomic E-state index is 0.266. The summed E-state index contributed by atoms with van der Waals surface area (Å²) in [5.41, 5.74) is -0.629. The molecule has 0 aromatic heterocycles. The van der Waals surface area contributed by atoms with Crippen molar-refractivity contribution >= 4 is 5.97 Å². The van der Waals surface area contributed by atoms with Gasteiger partial charge in [-0.1, -0.05) is 6.08 Å². The van der Waals surface area contributed by atoms with Crippen molar-refractivity contribution in [1.82, 2.24) is 0 Å². The molecule has 2 fully saturated rings. The van der Waals surface area contributed by atoms with Gasteiger partial charge < -0.3 is 23.7 Å². The maximum absolute atomic E-state index is 12.5. The maximum Gasteiger partial charge on any atom is 0.311 e. The first-order chi connectivity index (χ1) is 11.3. The number of ether oxygens (including phenoxy) is 5. The van der Waals surface area contributed by atoms with Crippen molar-refractivity contribution < 1.29 is 28.5 Å². The molecule has 0 unspecified atom stereocenters. The lowest BCUT2D eigenvalue weighted by atomic mass is 9.96. The van der Waals surface area contributed by atoms with Gasteiger partial charge in [0.05, 0.1) is 18.1 Å². The largest absolute Gasteiger partial charge is 0.456 e. The number of carbonyl (C=O) groups excluding carboxylic acids is 1. The Morgan fingerprint density at radius 1 is 1.20 bits per heavy atom. The van der Waals surface area contributed by atoms with Crippen molar-refractivity contribution in [1.29, 1.82) is 0 Å². The average Bonchev–Trinajstić information content (AvgIpc) is 2.94. The van der Waals surface area contributed by atoms with Crippen molar-refractivity contribution in [3.8, 4) is 0 Å². The summed E-state index contributed by atoms with van der Waals surface area (Å²) in [6.07, 6.45) is 0.603. The Labute approximate surface area is 150 Å². The average molecular weight is 356 g/mol. The summed E-state index contributed by atoms with van der Waals surface area (Å²) in [6, 6.07) is 0. The summed E-state index contributed by atoms with van der Waals surface area (Å²) in [5.74, 6) is -1.80. The van der Waals surface area contributed by atoms with Crippen LogP contribution in [0.15, 0.2) is 12.7 Å². The molecule has 6 nitrogen and oxygen atoms in total. The zero-order valence-corrected chi connectivity index (χ0v) is 16.5. The van der Waals surface area contributed by atoms with Crippen LogP contribution in [0.1, 0.15) is 54.9 Å². The molecule has 2 rings (SSSR count). The predicted molar refractivity (Wildman–Crippen MR) is 92.9 cm³/mol. The van der Waals surface area contributed by atoms with Gasteiger partial charge in [-0.3, -0.25) is 4.79 Å². The Kier molecular flexibility index (Phi) is 5.69. The van der Waals surface area contributed by atoms with Crippen LogP contribution in [0.4, 0.5) is 0 Å². The Morgan fingerprint density at radius 3 is 2.32 bits per heavy atom. The van der Waals surface area contributed by atoms with Crippen LogP contribution in [-0.4, -0.2) is 48.6 Å². The number of carbonyl (C=O) groups is 1. The Hall–Kier alpha value is -0.950. The van der Waals surface area contributed by atoms with Gasteiger partial charge in [-0.2, -0.15) is 0 Å². The van der Waals surface area contributed by atoms with E-state index in [0.29, 0.717) is 13.0 Å². The monoisotopic (exact) mass is 356 g/mol. The molecule has 0 spiro atoms. The molecule has 2 heterocycles. The Bertz CT molecular complexity index is 505. The fourth-order valence-electron chi connectivity index (χ4n) is 3.02. The predicted octanol–water partition coefficient (Wildman–Crippen LogP) is 3.19. The van der Waals surface area contributed by atoms with Gasteiger partial charge in [0.25, 0.3) is 0 Å². The van der Waals surface area contributed by atoms with E-state index in [0.717, 1.165) is 0 Å². The van der Waals surface area contributed by atoms with E-state index in [1.54, 1.807) is 6.08 Å². The SMILES string of the molecule is C=CC[C@@H]1OC(C)(C)O[C@@H]1[C@@H](OC(=O)C(C)(C)C)[C@@H]1COC(C)(C)O1. The molecule has 0 aromatic rings. The second-order valence-corrected chi connectivity index (χ2v) is 8.65. The van der Waals surface area contributed by atoms with Crippen molar-refractivity contribution in [3.05, 3.63) is 12.7 Å². The van der Waals surface area contributed by atoms with Crippen molar-refractivity contribution in [2.75, 3.05) is 6.61 Å². The molecular formula is C19H32O6. The maximum atomic E-state index is 12.5. The van der Waals surface area contributed by atoms with Crippen LogP contribution in [0.3, 0.4) is 0 Å². The van der Waals surface area contributed by atoms with Gasteiger partial charge in [-0.25, -0.2) is 0 Å². The van der Waals surface area contributed by atoms with Gasteiger partial charge >= 0.3 is 5.97 Å². The Morgan fingerprint density at radius 2 is 1.84 bits per heavy atom. The summed E-state index contributed by atoms with van der Waals surface area (Å²) in [7, 11) is 0. The van der Waals surface area contributed by atoms with Gasteiger partial charge in [0.1, 0.15) is 12.2 Å². The first-order valence-corrected chi connectivity index (χ1v) is 8.84. The fraction of sp³-hybridized carbons (Fsp3) is 0.842. The smallest absolute Gasteiger partial charge is 0.311 e. The number of esters is 1. The van der Waals surface area contributed by atoms with Crippen LogP contribution >= 0.6 is 0 Å². The van der Waals surface area contributed by atoms with Crippen LogP contribution in [0, 0.1) is 5.41 Å². The van der Waals surface area contributed by atoms with E-state index in [1.165, 1.54) is 0 Å². The highest BCUT2D eigenvalue weighted by Gasteiger charge is 2.52. The van der Waals surface area contributed by atoms with E-state index in [4.69, 9.17) is 23.7 Å². The van der Waals surface area contributed by atoms with E-state index in [2.05, 4.69) is 6.58 Å². The quantitative estimate of drug-likeness (QED) is 0.557. The van der Waals surface area contributed by atoms with Gasteiger partial charge in [0.2, 0.25) is 0 Å². The number of hydrogen-bond donors (Lipinski definition) is 0. The third kappa shape index (κ3) is 5.03. The summed E-state index contributed by atoms with van der Waals surface area (Å²) >= 11 is 0. The second kappa shape index (κ2) is 6.99. The minimum Gasteiger partial charge on any atom is -0.456 e. The highest BCUT2D eigenvalue weighted by Crippen LogP contribution is 2.37. The number of rotatable bonds is 5. The van der Waals surface area contributed by atoms with Gasteiger partial charge in [-0.05, 0) is 54.9 Å². The molecule has 144 valence electrons. The zero-order chi connectivity index (χ0) is 19.0. The summed E-state index contributed by atoms with van der Waals surface area (Å²) in [6.45, 7) is 17.0. The highest BCUT2D eigenvalue weighted by molar-refractivity contribution is 5.75. The molecule has 0 N–H and O–H groups in total. The van der Waals surface area contributed by atoms with E-state index in [1.807, 2.05) is 48.5 Å². The minimum atomic E-state index is -0.764. The standard InChI is InChI=1S/C19H32O6/c1-9-10-12-15(25-19(7,8)23-12)14(22-16(20)17(2,3)4)13-11-21-18(5,6)24-13/h9,12-15H,1,10-11H2,2-8H3/t12-,13-,14-,15-/m0/s1. The fourth-order valence-corrected chi connectivity index (χ4v) is 3.02. The first-order valence-electron chi connectivity index (χ1n) is 8.84. The lowest BCUT2D eigenvalue weighted by Gasteiger charge is -2.32. The lowest BCUT2D eigenvalue weighted by Crippen LogP contribution is -2.49. The van der Waals surface area contributed by atoms with Crippen molar-refractivity contribution in [2.24, 2.45) is 5.41 Å². The van der Waals surface area contributed by atoms with Gasteiger partial charge in [-0.15, -0.1) is 6.58 Å². The molecule has 0 radical (unpaired) electrons. The molecule has 0 saturated carbocycles. The van der Waals surface area contributed by atoms with Crippen LogP contribution in [0.2, 0.25) is 0 Å². The van der Waals surface area contributed by atoms with Crippen LogP contribution in [0.5, 0.6) is 0 Å². The van der Waals surface area contributed by atoms with Crippen LogP contribution < -0.4 is 0 Å². The molecule has 25 heavy (non-hydrogen) atoms. The van der Waals surface area contributed by atoms with Crippen molar-refractivity contribution in [3.63, 3.8) is 0 Å². The van der Waals surface area contributed by atoms with Crippen LogP contribution in [-0.2, 0) is 28.5 Å². The molecule has 0 aliphatic carbocycles. The second-order valence-electron chi connectivity index (χ2n) is 8.65. The third-order valence-corrected chi connectivity index (χ3v) is 4.20. The van der Waals surface area contributed by atoms with Gasteiger partial charge in [0, 0.05) is 0 Å². The molecule has 4 atom stereocenters. The Balaban J connectivity index is 2.27. The topological polar surface area (TPSA) is 63.2 Å². The van der Waals surface area contributed by atoms with Crippen molar-refractivity contribution in [2.45, 2.75) is 90.9 Å².